The molecule has 0 radical (unpaired) electrons. The Morgan fingerprint density at radius 3 is 1.85 bits per heavy atom. The van der Waals surface area contributed by atoms with Crippen LogP contribution in [0.5, 0.6) is 0 Å². The van der Waals surface area contributed by atoms with Crippen molar-refractivity contribution in [3.63, 3.8) is 0 Å². The van der Waals surface area contributed by atoms with E-state index in [0.717, 1.165) is 48.0 Å². The molecule has 0 spiro atoms. The SMILES string of the molecule is CC(=O)N(Cc1cc(C(F)(F)F)cc(C(F)(F)F)c1)CC1c2cc(C(F)(F)F)ccc2N(C=O)C1C.CCCOC. The van der Waals surface area contributed by atoms with Crippen LogP contribution in [-0.2, 0) is 39.4 Å². The lowest BCUT2D eigenvalue weighted by Gasteiger charge is -2.29. The molecule has 2 amide bonds. The Morgan fingerprint density at radius 1 is 0.927 bits per heavy atom. The largest absolute Gasteiger partial charge is 0.416 e. The summed E-state index contributed by atoms with van der Waals surface area (Å²) in [6.45, 7) is 4.50. The molecule has 0 saturated carbocycles. The molecule has 2 atom stereocenters. The van der Waals surface area contributed by atoms with Crippen LogP contribution in [0.2, 0.25) is 0 Å². The van der Waals surface area contributed by atoms with Gasteiger partial charge in [-0.1, -0.05) is 6.92 Å². The van der Waals surface area contributed by atoms with Crippen LogP contribution >= 0.6 is 0 Å². The molecule has 0 fully saturated rings. The average Bonchev–Trinajstić information content (AvgIpc) is 3.12. The third-order valence-electron chi connectivity index (χ3n) is 6.46. The second-order valence-corrected chi connectivity index (χ2v) is 9.44. The van der Waals surface area contributed by atoms with Gasteiger partial charge >= 0.3 is 18.5 Å². The standard InChI is InChI=1S/C23H19F9N2O2.C4H10O/c1-12-19(18-8-15(21(24,25)26)3-4-20(18)34(12)11-35)10-33(13(2)36)9-14-5-16(22(27,28)29)7-17(6-14)23(30,31)32;1-3-4-5-2/h3-8,11-12,19H,9-10H2,1-2H3;3-4H2,1-2H3. The Morgan fingerprint density at radius 2 is 1.46 bits per heavy atom. The minimum atomic E-state index is -5.09. The van der Waals surface area contributed by atoms with E-state index in [-0.39, 0.29) is 23.9 Å². The number of ether oxygens (including phenoxy) is 1. The highest BCUT2D eigenvalue weighted by atomic mass is 19.4. The number of fused-ring (bicyclic) bond motifs is 1. The summed E-state index contributed by atoms with van der Waals surface area (Å²) in [5, 5.41) is 0. The fourth-order valence-electron chi connectivity index (χ4n) is 4.42. The maximum Gasteiger partial charge on any atom is 0.416 e. The maximum atomic E-state index is 13.3. The third-order valence-corrected chi connectivity index (χ3v) is 6.46. The summed E-state index contributed by atoms with van der Waals surface area (Å²) in [6.07, 6.45) is -13.4. The van der Waals surface area contributed by atoms with Crippen molar-refractivity contribution < 1.29 is 53.8 Å². The molecule has 5 nitrogen and oxygen atoms in total. The van der Waals surface area contributed by atoms with Gasteiger partial charge in [0.25, 0.3) is 0 Å². The molecule has 0 aliphatic carbocycles. The predicted molar refractivity (Wildman–Crippen MR) is 132 cm³/mol. The number of amides is 2. The lowest BCUT2D eigenvalue weighted by Crippen LogP contribution is -2.38. The highest BCUT2D eigenvalue weighted by molar-refractivity contribution is 5.82. The highest BCUT2D eigenvalue weighted by Crippen LogP contribution is 2.44. The van der Waals surface area contributed by atoms with Crippen molar-refractivity contribution in [2.24, 2.45) is 0 Å². The number of carbonyl (C=O) groups is 2. The van der Waals surface area contributed by atoms with Gasteiger partial charge in [0.05, 0.1) is 16.7 Å². The van der Waals surface area contributed by atoms with E-state index in [2.05, 4.69) is 6.92 Å². The number of rotatable bonds is 7. The van der Waals surface area contributed by atoms with E-state index < -0.39 is 65.2 Å². The third kappa shape index (κ3) is 8.60. The smallest absolute Gasteiger partial charge is 0.385 e. The molecule has 3 rings (SSSR count). The Balaban J connectivity index is 0.00000108. The summed E-state index contributed by atoms with van der Waals surface area (Å²) < 4.78 is 124. The number of anilines is 1. The molecule has 2 aromatic rings. The Bertz CT molecular complexity index is 1180. The van der Waals surface area contributed by atoms with Crippen molar-refractivity contribution in [3.8, 4) is 0 Å². The van der Waals surface area contributed by atoms with E-state index in [1.54, 1.807) is 7.11 Å². The number of nitrogens with zero attached hydrogens (tertiary/aromatic N) is 2. The number of alkyl halides is 9. The zero-order valence-corrected chi connectivity index (χ0v) is 22.5. The van der Waals surface area contributed by atoms with Crippen LogP contribution in [0.3, 0.4) is 0 Å². The minimum Gasteiger partial charge on any atom is -0.385 e. The molecule has 14 heteroatoms. The normalized spacial score (nSPS) is 17.0. The van der Waals surface area contributed by atoms with Crippen molar-refractivity contribution in [3.05, 3.63) is 64.2 Å². The van der Waals surface area contributed by atoms with Crippen molar-refractivity contribution in [1.82, 2.24) is 4.90 Å². The topological polar surface area (TPSA) is 49.9 Å². The monoisotopic (exact) mass is 600 g/mol. The molecule has 2 aromatic carbocycles. The minimum absolute atomic E-state index is 0.0441. The Kier molecular flexibility index (Phi) is 10.9. The van der Waals surface area contributed by atoms with Crippen LogP contribution in [0.15, 0.2) is 36.4 Å². The molecule has 1 aliphatic heterocycles. The number of halogens is 9. The van der Waals surface area contributed by atoms with Gasteiger partial charge in [0.1, 0.15) is 0 Å². The van der Waals surface area contributed by atoms with E-state index in [4.69, 9.17) is 4.74 Å². The van der Waals surface area contributed by atoms with Crippen LogP contribution in [0, 0.1) is 0 Å². The molecule has 1 heterocycles. The fourth-order valence-corrected chi connectivity index (χ4v) is 4.42. The van der Waals surface area contributed by atoms with Crippen molar-refractivity contribution in [1.29, 1.82) is 0 Å². The molecule has 0 N–H and O–H groups in total. The van der Waals surface area contributed by atoms with Crippen LogP contribution < -0.4 is 4.90 Å². The first kappa shape index (κ1) is 33.9. The molecule has 1 aliphatic rings. The molecule has 0 aromatic heterocycles. The number of hydrogen-bond donors (Lipinski definition) is 0. The summed E-state index contributed by atoms with van der Waals surface area (Å²) in [5.41, 5.74) is -4.34. The van der Waals surface area contributed by atoms with Gasteiger partial charge in [-0.05, 0) is 60.9 Å². The van der Waals surface area contributed by atoms with Crippen LogP contribution in [-0.4, -0.2) is 43.5 Å². The second kappa shape index (κ2) is 13.1. The van der Waals surface area contributed by atoms with Crippen molar-refractivity contribution in [2.75, 3.05) is 25.2 Å². The molecule has 0 bridgehead atoms. The van der Waals surface area contributed by atoms with Gasteiger partial charge in [-0.25, -0.2) is 0 Å². The predicted octanol–water partition coefficient (Wildman–Crippen LogP) is 7.28. The number of methoxy groups -OCH3 is 1. The van der Waals surface area contributed by atoms with Gasteiger partial charge in [-0.2, -0.15) is 39.5 Å². The summed E-state index contributed by atoms with van der Waals surface area (Å²) >= 11 is 0. The number of hydrogen-bond acceptors (Lipinski definition) is 3. The summed E-state index contributed by atoms with van der Waals surface area (Å²) in [4.78, 5) is 26.0. The van der Waals surface area contributed by atoms with Gasteiger partial charge in [-0.3, -0.25) is 9.59 Å². The zero-order chi connectivity index (χ0) is 31.3. The van der Waals surface area contributed by atoms with Gasteiger partial charge in [-0.15, -0.1) is 0 Å². The molecular weight excluding hydrogens is 571 g/mol. The van der Waals surface area contributed by atoms with E-state index in [1.807, 2.05) is 0 Å². The first-order valence-corrected chi connectivity index (χ1v) is 12.3. The zero-order valence-electron chi connectivity index (χ0n) is 22.5. The summed E-state index contributed by atoms with van der Waals surface area (Å²) in [6, 6.07) is 2.89. The number of carbonyl (C=O) groups excluding carboxylic acids is 2. The van der Waals surface area contributed by atoms with Crippen molar-refractivity contribution >= 4 is 18.0 Å². The average molecular weight is 601 g/mol. The molecule has 41 heavy (non-hydrogen) atoms. The Labute approximate surface area is 230 Å². The highest BCUT2D eigenvalue weighted by Gasteiger charge is 2.41. The van der Waals surface area contributed by atoms with E-state index in [1.165, 1.54) is 6.92 Å². The van der Waals surface area contributed by atoms with Gasteiger partial charge in [0.15, 0.2) is 0 Å². The summed E-state index contributed by atoms with van der Waals surface area (Å²) in [7, 11) is 1.71. The molecule has 2 unspecified atom stereocenters. The van der Waals surface area contributed by atoms with Crippen LogP contribution in [0.4, 0.5) is 45.2 Å². The fraction of sp³-hybridized carbons (Fsp3) is 0.481. The first-order valence-electron chi connectivity index (χ1n) is 12.3. The lowest BCUT2D eigenvalue weighted by molar-refractivity contribution is -0.143. The van der Waals surface area contributed by atoms with Crippen LogP contribution in [0.25, 0.3) is 0 Å². The summed E-state index contributed by atoms with van der Waals surface area (Å²) in [5.74, 6) is -1.62. The van der Waals surface area contributed by atoms with Crippen LogP contribution in [0.1, 0.15) is 60.9 Å². The van der Waals surface area contributed by atoms with Crippen molar-refractivity contribution in [2.45, 2.75) is 64.2 Å². The van der Waals surface area contributed by atoms with Gasteiger partial charge in [0, 0.05) is 51.4 Å². The van der Waals surface area contributed by atoms with E-state index >= 15 is 0 Å². The quantitative estimate of drug-likeness (QED) is 0.248. The first-order chi connectivity index (χ1) is 18.8. The lowest BCUT2D eigenvalue weighted by atomic mass is 9.93. The Hall–Kier alpha value is -3.29. The molecular formula is C27H29F9N2O3. The molecule has 0 saturated heterocycles. The van der Waals surface area contributed by atoms with E-state index in [0.29, 0.717) is 18.5 Å². The number of benzene rings is 2. The van der Waals surface area contributed by atoms with Gasteiger partial charge in [0.2, 0.25) is 12.3 Å². The maximum absolute atomic E-state index is 13.3. The molecule has 228 valence electrons. The second-order valence-electron chi connectivity index (χ2n) is 9.44. The van der Waals surface area contributed by atoms with E-state index in [9.17, 15) is 49.1 Å². The van der Waals surface area contributed by atoms with Gasteiger partial charge < -0.3 is 14.5 Å².